The molecule has 0 spiro atoms. The molecule has 0 saturated carbocycles. The van der Waals surface area contributed by atoms with Crippen LogP contribution in [-0.4, -0.2) is 20.3 Å². The van der Waals surface area contributed by atoms with Gasteiger partial charge in [0.05, 0.1) is 22.0 Å². The van der Waals surface area contributed by atoms with Crippen molar-refractivity contribution in [1.29, 1.82) is 0 Å². The molecular formula is C15H14N2OS2. The summed E-state index contributed by atoms with van der Waals surface area (Å²) in [5.41, 5.74) is 3.12. The molecule has 1 unspecified atom stereocenters. The Morgan fingerprint density at radius 3 is 2.95 bits per heavy atom. The highest BCUT2D eigenvalue weighted by Gasteiger charge is 2.18. The summed E-state index contributed by atoms with van der Waals surface area (Å²) in [5, 5.41) is 0.907. The van der Waals surface area contributed by atoms with E-state index in [0.717, 1.165) is 25.7 Å². The molecule has 0 aliphatic heterocycles. The highest BCUT2D eigenvalue weighted by molar-refractivity contribution is 7.91. The number of thiazole rings is 1. The molecule has 0 saturated heterocycles. The summed E-state index contributed by atoms with van der Waals surface area (Å²) < 4.78 is 13.3. The van der Waals surface area contributed by atoms with E-state index in [1.54, 1.807) is 23.7 Å². The van der Waals surface area contributed by atoms with E-state index in [1.807, 2.05) is 13.0 Å². The van der Waals surface area contributed by atoms with Crippen LogP contribution in [0.2, 0.25) is 0 Å². The molecule has 5 heteroatoms. The third-order valence-electron chi connectivity index (χ3n) is 3.07. The number of pyridine rings is 1. The molecule has 2 heterocycles. The Bertz CT molecular complexity index is 754. The molecule has 0 amide bonds. The maximum atomic E-state index is 12.1. The van der Waals surface area contributed by atoms with Crippen LogP contribution in [0.5, 0.6) is 0 Å². The van der Waals surface area contributed by atoms with Gasteiger partial charge < -0.3 is 4.55 Å². The zero-order valence-corrected chi connectivity index (χ0v) is 12.9. The monoisotopic (exact) mass is 302 g/mol. The first-order chi connectivity index (χ1) is 9.69. The van der Waals surface area contributed by atoms with Crippen LogP contribution in [0, 0.1) is 6.92 Å². The fraction of sp³-hybridized carbons (Fsp3) is 0.200. The quantitative estimate of drug-likeness (QED) is 0.692. The minimum Gasteiger partial charge on any atom is -0.611 e. The van der Waals surface area contributed by atoms with Crippen LogP contribution in [0.4, 0.5) is 0 Å². The standard InChI is InChI=1S/C15H14N2OS2/c1-3-20(18)14-9-16-7-6-11(14)15-17-12-8-10(2)4-5-13(12)19-15/h4-9H,3H2,1-2H3. The number of fused-ring (bicyclic) bond motifs is 1. The molecule has 0 aliphatic rings. The first-order valence-corrected chi connectivity index (χ1v) is 8.52. The first kappa shape index (κ1) is 13.5. The zero-order chi connectivity index (χ0) is 14.1. The van der Waals surface area contributed by atoms with E-state index in [4.69, 9.17) is 0 Å². The molecular weight excluding hydrogens is 288 g/mol. The average molecular weight is 302 g/mol. The molecule has 20 heavy (non-hydrogen) atoms. The number of benzene rings is 1. The summed E-state index contributed by atoms with van der Waals surface area (Å²) in [6.45, 7) is 3.97. The summed E-state index contributed by atoms with van der Waals surface area (Å²) >= 11 is 0.603. The molecule has 3 nitrogen and oxygen atoms in total. The smallest absolute Gasteiger partial charge is 0.181 e. The van der Waals surface area contributed by atoms with Crippen molar-refractivity contribution in [2.24, 2.45) is 0 Å². The van der Waals surface area contributed by atoms with Gasteiger partial charge in [0.1, 0.15) is 10.8 Å². The van der Waals surface area contributed by atoms with E-state index in [1.165, 1.54) is 5.56 Å². The van der Waals surface area contributed by atoms with E-state index >= 15 is 0 Å². The van der Waals surface area contributed by atoms with Crippen molar-refractivity contribution in [3.05, 3.63) is 42.2 Å². The van der Waals surface area contributed by atoms with E-state index in [9.17, 15) is 4.55 Å². The Hall–Kier alpha value is -1.43. The second-order valence-electron chi connectivity index (χ2n) is 4.50. The summed E-state index contributed by atoms with van der Waals surface area (Å²) in [5.74, 6) is 0.586. The molecule has 0 aliphatic carbocycles. The Balaban J connectivity index is 2.15. The van der Waals surface area contributed by atoms with Gasteiger partial charge in [-0.05, 0) is 48.8 Å². The van der Waals surface area contributed by atoms with Gasteiger partial charge in [-0.25, -0.2) is 4.98 Å². The van der Waals surface area contributed by atoms with Gasteiger partial charge in [-0.15, -0.1) is 11.3 Å². The number of aromatic nitrogens is 2. The van der Waals surface area contributed by atoms with Crippen LogP contribution < -0.4 is 0 Å². The first-order valence-electron chi connectivity index (χ1n) is 6.39. The fourth-order valence-corrected chi connectivity index (χ4v) is 4.00. The summed E-state index contributed by atoms with van der Waals surface area (Å²) in [7, 11) is 0. The molecule has 3 aromatic rings. The molecule has 0 N–H and O–H groups in total. The Morgan fingerprint density at radius 1 is 1.30 bits per heavy atom. The van der Waals surface area contributed by atoms with Gasteiger partial charge in [-0.3, -0.25) is 4.98 Å². The van der Waals surface area contributed by atoms with Crippen LogP contribution >= 0.6 is 11.3 Å². The highest BCUT2D eigenvalue weighted by Crippen LogP contribution is 2.34. The highest BCUT2D eigenvalue weighted by atomic mass is 32.2. The predicted molar refractivity (Wildman–Crippen MR) is 84.5 cm³/mol. The van der Waals surface area contributed by atoms with Gasteiger partial charge in [0, 0.05) is 6.20 Å². The van der Waals surface area contributed by atoms with Crippen molar-refractivity contribution >= 4 is 32.7 Å². The van der Waals surface area contributed by atoms with Crippen molar-refractivity contribution in [1.82, 2.24) is 9.97 Å². The van der Waals surface area contributed by atoms with Crippen molar-refractivity contribution in [3.8, 4) is 10.6 Å². The normalized spacial score (nSPS) is 12.8. The van der Waals surface area contributed by atoms with Crippen LogP contribution in [0.25, 0.3) is 20.8 Å². The van der Waals surface area contributed by atoms with Crippen LogP contribution in [0.15, 0.2) is 41.6 Å². The topological polar surface area (TPSA) is 48.8 Å². The SMILES string of the molecule is CC[S+]([O-])c1cnccc1-c1nc2cc(C)ccc2s1. The van der Waals surface area contributed by atoms with Gasteiger partial charge in [-0.2, -0.15) is 0 Å². The third kappa shape index (κ3) is 2.44. The van der Waals surface area contributed by atoms with Crippen molar-refractivity contribution in [2.75, 3.05) is 5.75 Å². The number of hydrogen-bond donors (Lipinski definition) is 0. The van der Waals surface area contributed by atoms with Crippen molar-refractivity contribution in [2.45, 2.75) is 18.7 Å². The lowest BCUT2D eigenvalue weighted by molar-refractivity contribution is 0.596. The van der Waals surface area contributed by atoms with Crippen molar-refractivity contribution in [3.63, 3.8) is 0 Å². The van der Waals surface area contributed by atoms with Gasteiger partial charge >= 0.3 is 0 Å². The van der Waals surface area contributed by atoms with Gasteiger partial charge in [0.2, 0.25) is 0 Å². The maximum absolute atomic E-state index is 12.1. The maximum Gasteiger partial charge on any atom is 0.181 e. The molecule has 1 atom stereocenters. The van der Waals surface area contributed by atoms with Gasteiger partial charge in [0.15, 0.2) is 4.90 Å². The lowest BCUT2D eigenvalue weighted by atomic mass is 10.2. The van der Waals surface area contributed by atoms with Crippen LogP contribution in [0.3, 0.4) is 0 Å². The molecule has 2 aromatic heterocycles. The van der Waals surface area contributed by atoms with Crippen molar-refractivity contribution < 1.29 is 4.55 Å². The second-order valence-corrected chi connectivity index (χ2v) is 7.24. The lowest BCUT2D eigenvalue weighted by Crippen LogP contribution is -2.06. The third-order valence-corrected chi connectivity index (χ3v) is 5.48. The average Bonchev–Trinajstić information content (AvgIpc) is 2.89. The minimum absolute atomic E-state index is 0.586. The van der Waals surface area contributed by atoms with Gasteiger partial charge in [-0.1, -0.05) is 6.07 Å². The molecule has 0 fully saturated rings. The van der Waals surface area contributed by atoms with E-state index in [-0.39, 0.29) is 0 Å². The molecule has 0 bridgehead atoms. The lowest BCUT2D eigenvalue weighted by Gasteiger charge is -2.10. The Kier molecular flexibility index (Phi) is 3.74. The second kappa shape index (κ2) is 5.52. The summed E-state index contributed by atoms with van der Waals surface area (Å²) in [6, 6.07) is 8.14. The van der Waals surface area contributed by atoms with Crippen LogP contribution in [0.1, 0.15) is 12.5 Å². The molecule has 0 radical (unpaired) electrons. The number of aryl methyl sites for hydroxylation is 1. The van der Waals surface area contributed by atoms with E-state index in [0.29, 0.717) is 5.75 Å². The Labute approximate surface area is 124 Å². The number of hydrogen-bond acceptors (Lipinski definition) is 4. The van der Waals surface area contributed by atoms with Crippen LogP contribution in [-0.2, 0) is 11.2 Å². The predicted octanol–water partition coefficient (Wildman–Crippen LogP) is 3.79. The number of nitrogens with zero attached hydrogens (tertiary/aromatic N) is 2. The molecule has 1 aromatic carbocycles. The summed E-state index contributed by atoms with van der Waals surface area (Å²) in [4.78, 5) is 9.54. The minimum atomic E-state index is -1.02. The fourth-order valence-electron chi connectivity index (χ4n) is 2.05. The molecule has 102 valence electrons. The zero-order valence-electron chi connectivity index (χ0n) is 11.3. The molecule has 3 rings (SSSR count). The van der Waals surface area contributed by atoms with E-state index in [2.05, 4.69) is 35.1 Å². The van der Waals surface area contributed by atoms with Gasteiger partial charge in [0.25, 0.3) is 0 Å². The Morgan fingerprint density at radius 2 is 2.15 bits per heavy atom. The van der Waals surface area contributed by atoms with E-state index < -0.39 is 11.2 Å². The largest absolute Gasteiger partial charge is 0.611 e. The number of rotatable bonds is 3. The summed E-state index contributed by atoms with van der Waals surface area (Å²) in [6.07, 6.45) is 3.41.